The van der Waals surface area contributed by atoms with Crippen LogP contribution in [0.2, 0.25) is 0 Å². The predicted molar refractivity (Wildman–Crippen MR) is 132 cm³/mol. The molecule has 11 heteroatoms. The summed E-state index contributed by atoms with van der Waals surface area (Å²) in [5.41, 5.74) is 7.08. The molecule has 1 aliphatic rings. The van der Waals surface area contributed by atoms with Crippen LogP contribution in [0.5, 0.6) is 0 Å². The van der Waals surface area contributed by atoms with Crippen LogP contribution in [0.25, 0.3) is 0 Å². The maximum absolute atomic E-state index is 13.8. The van der Waals surface area contributed by atoms with Crippen molar-refractivity contribution in [2.45, 2.75) is 19.3 Å². The summed E-state index contributed by atoms with van der Waals surface area (Å²) in [4.78, 5) is 53.0. The van der Waals surface area contributed by atoms with E-state index in [1.165, 1.54) is 46.2 Å². The SMILES string of the molecule is NCc1cccc(CNC(=O)C2N(C(=O)c3cccc(F)c3)CCN2C(=O)c2cccc([N+](=O)[O-])c2)c1. The van der Waals surface area contributed by atoms with Crippen molar-refractivity contribution in [2.75, 3.05) is 13.1 Å². The fourth-order valence-electron chi connectivity index (χ4n) is 4.19. The van der Waals surface area contributed by atoms with Crippen LogP contribution in [-0.4, -0.2) is 51.7 Å². The molecule has 3 aromatic carbocycles. The van der Waals surface area contributed by atoms with Gasteiger partial charge in [-0.15, -0.1) is 0 Å². The second-order valence-electron chi connectivity index (χ2n) is 8.43. The molecule has 1 saturated heterocycles. The van der Waals surface area contributed by atoms with Gasteiger partial charge in [0.15, 0.2) is 6.17 Å². The highest BCUT2D eigenvalue weighted by Gasteiger charge is 2.43. The number of hydrogen-bond acceptors (Lipinski definition) is 6. The molecular weight excluding hydrogens is 481 g/mol. The van der Waals surface area contributed by atoms with Crippen LogP contribution in [0.15, 0.2) is 72.8 Å². The Morgan fingerprint density at radius 2 is 1.51 bits per heavy atom. The molecule has 3 aromatic rings. The van der Waals surface area contributed by atoms with E-state index in [2.05, 4.69) is 5.32 Å². The second-order valence-corrected chi connectivity index (χ2v) is 8.43. The Labute approximate surface area is 211 Å². The van der Waals surface area contributed by atoms with E-state index in [1.807, 2.05) is 12.1 Å². The van der Waals surface area contributed by atoms with Gasteiger partial charge in [0.25, 0.3) is 23.4 Å². The molecule has 4 rings (SSSR count). The Balaban J connectivity index is 1.63. The molecule has 0 aromatic heterocycles. The summed E-state index contributed by atoms with van der Waals surface area (Å²) in [6.45, 7) is 0.454. The smallest absolute Gasteiger partial charge is 0.270 e. The maximum Gasteiger partial charge on any atom is 0.270 e. The van der Waals surface area contributed by atoms with E-state index in [9.17, 15) is 28.9 Å². The van der Waals surface area contributed by atoms with E-state index >= 15 is 0 Å². The predicted octanol–water partition coefficient (Wildman–Crippen LogP) is 2.43. The van der Waals surface area contributed by atoms with Crippen LogP contribution < -0.4 is 11.1 Å². The standard InChI is InChI=1S/C26H24FN5O5/c27-21-8-2-6-19(13-21)25(34)30-10-11-31(26(35)20-7-3-9-22(14-20)32(36)37)24(30)23(33)29-16-18-5-1-4-17(12-18)15-28/h1-9,12-14,24H,10-11,15-16,28H2,(H,29,33). The highest BCUT2D eigenvalue weighted by molar-refractivity contribution is 6.02. The topological polar surface area (TPSA) is 139 Å². The van der Waals surface area contributed by atoms with Crippen molar-refractivity contribution < 1.29 is 23.7 Å². The van der Waals surface area contributed by atoms with Crippen LogP contribution in [0.4, 0.5) is 10.1 Å². The van der Waals surface area contributed by atoms with Gasteiger partial charge in [-0.05, 0) is 35.4 Å². The van der Waals surface area contributed by atoms with Gasteiger partial charge in [0.05, 0.1) is 4.92 Å². The van der Waals surface area contributed by atoms with Crippen LogP contribution >= 0.6 is 0 Å². The van der Waals surface area contributed by atoms with Gasteiger partial charge in [0.2, 0.25) is 0 Å². The number of amides is 3. The minimum absolute atomic E-state index is 0.00250. The van der Waals surface area contributed by atoms with Gasteiger partial charge in [-0.2, -0.15) is 0 Å². The van der Waals surface area contributed by atoms with Gasteiger partial charge in [-0.3, -0.25) is 24.5 Å². The fraction of sp³-hybridized carbons (Fsp3) is 0.192. The first kappa shape index (κ1) is 25.5. The number of nitro groups is 1. The quantitative estimate of drug-likeness (QED) is 0.374. The zero-order chi connectivity index (χ0) is 26.5. The number of hydrogen-bond donors (Lipinski definition) is 2. The van der Waals surface area contributed by atoms with Crippen LogP contribution in [0.3, 0.4) is 0 Å². The summed E-state index contributed by atoms with van der Waals surface area (Å²) in [5.74, 6) is -2.52. The Bertz CT molecular complexity index is 1360. The number of nitrogens with two attached hydrogens (primary N) is 1. The van der Waals surface area contributed by atoms with Crippen molar-refractivity contribution >= 4 is 23.4 Å². The third-order valence-electron chi connectivity index (χ3n) is 6.00. The van der Waals surface area contributed by atoms with Crippen molar-refractivity contribution in [3.63, 3.8) is 0 Å². The average molecular weight is 506 g/mol. The summed E-state index contributed by atoms with van der Waals surface area (Å²) in [7, 11) is 0. The Hall–Kier alpha value is -4.64. The number of rotatable bonds is 7. The largest absolute Gasteiger partial charge is 0.349 e. The number of carbonyl (C=O) groups excluding carboxylic acids is 3. The Kier molecular flexibility index (Phi) is 7.54. The number of carbonyl (C=O) groups is 3. The molecular formula is C26H24FN5O5. The van der Waals surface area contributed by atoms with Gasteiger partial charge in [-0.1, -0.05) is 36.4 Å². The van der Waals surface area contributed by atoms with Gasteiger partial charge < -0.3 is 20.9 Å². The number of nitrogens with one attached hydrogen (secondary N) is 1. The molecule has 3 N–H and O–H groups in total. The first-order valence-corrected chi connectivity index (χ1v) is 11.5. The number of non-ortho nitro benzene ring substituents is 1. The summed E-state index contributed by atoms with van der Waals surface area (Å²) >= 11 is 0. The van der Waals surface area contributed by atoms with Crippen LogP contribution in [0, 0.1) is 15.9 Å². The normalized spacial score (nSPS) is 14.9. The highest BCUT2D eigenvalue weighted by Crippen LogP contribution is 2.23. The lowest BCUT2D eigenvalue weighted by Crippen LogP contribution is -2.53. The van der Waals surface area contributed by atoms with Gasteiger partial charge in [0.1, 0.15) is 5.82 Å². The molecule has 1 unspecified atom stereocenters. The van der Waals surface area contributed by atoms with E-state index < -0.39 is 34.6 Å². The minimum atomic E-state index is -1.35. The molecule has 37 heavy (non-hydrogen) atoms. The molecule has 1 fully saturated rings. The third-order valence-corrected chi connectivity index (χ3v) is 6.00. The monoisotopic (exact) mass is 505 g/mol. The molecule has 1 heterocycles. The molecule has 190 valence electrons. The lowest BCUT2D eigenvalue weighted by Gasteiger charge is -2.29. The fourth-order valence-corrected chi connectivity index (χ4v) is 4.19. The lowest BCUT2D eigenvalue weighted by atomic mass is 10.1. The molecule has 0 radical (unpaired) electrons. The molecule has 0 spiro atoms. The third kappa shape index (κ3) is 5.62. The van der Waals surface area contributed by atoms with E-state index in [-0.39, 0.29) is 36.4 Å². The van der Waals surface area contributed by atoms with Gasteiger partial charge >= 0.3 is 0 Å². The van der Waals surface area contributed by atoms with E-state index in [0.29, 0.717) is 6.54 Å². The zero-order valence-electron chi connectivity index (χ0n) is 19.7. The van der Waals surface area contributed by atoms with E-state index in [0.717, 1.165) is 23.3 Å². The number of benzene rings is 3. The van der Waals surface area contributed by atoms with Crippen molar-refractivity contribution in [1.29, 1.82) is 0 Å². The van der Waals surface area contributed by atoms with Crippen molar-refractivity contribution in [3.05, 3.63) is 111 Å². The Morgan fingerprint density at radius 3 is 2.14 bits per heavy atom. The molecule has 0 saturated carbocycles. The van der Waals surface area contributed by atoms with Gasteiger partial charge in [-0.25, -0.2) is 4.39 Å². The maximum atomic E-state index is 13.8. The molecule has 0 aliphatic carbocycles. The molecule has 0 bridgehead atoms. The number of nitro benzene ring substituents is 1. The number of halogens is 1. The molecule has 1 aliphatic heterocycles. The van der Waals surface area contributed by atoms with Crippen molar-refractivity contribution in [3.8, 4) is 0 Å². The van der Waals surface area contributed by atoms with Crippen molar-refractivity contribution in [1.82, 2.24) is 15.1 Å². The van der Waals surface area contributed by atoms with E-state index in [4.69, 9.17) is 5.73 Å². The first-order chi connectivity index (χ1) is 17.8. The van der Waals surface area contributed by atoms with Crippen LogP contribution in [0.1, 0.15) is 31.8 Å². The average Bonchev–Trinajstić information content (AvgIpc) is 3.36. The highest BCUT2D eigenvalue weighted by atomic mass is 19.1. The molecule has 10 nitrogen and oxygen atoms in total. The second kappa shape index (κ2) is 11.0. The summed E-state index contributed by atoms with van der Waals surface area (Å²) in [5, 5.41) is 13.9. The lowest BCUT2D eigenvalue weighted by molar-refractivity contribution is -0.384. The van der Waals surface area contributed by atoms with Gasteiger partial charge in [0, 0.05) is 49.4 Å². The number of nitrogens with zero attached hydrogens (tertiary/aromatic N) is 3. The minimum Gasteiger partial charge on any atom is -0.349 e. The Morgan fingerprint density at radius 1 is 0.919 bits per heavy atom. The molecule has 3 amide bonds. The summed E-state index contributed by atoms with van der Waals surface area (Å²) < 4.78 is 13.8. The summed E-state index contributed by atoms with van der Waals surface area (Å²) in [6.07, 6.45) is -1.35. The summed E-state index contributed by atoms with van der Waals surface area (Å²) in [6, 6.07) is 17.5. The van der Waals surface area contributed by atoms with Crippen LogP contribution in [-0.2, 0) is 17.9 Å². The zero-order valence-corrected chi connectivity index (χ0v) is 19.7. The van der Waals surface area contributed by atoms with E-state index in [1.54, 1.807) is 12.1 Å². The first-order valence-electron chi connectivity index (χ1n) is 11.5. The van der Waals surface area contributed by atoms with Crippen molar-refractivity contribution in [2.24, 2.45) is 5.73 Å². The molecule has 1 atom stereocenters.